The summed E-state index contributed by atoms with van der Waals surface area (Å²) < 4.78 is 0.634. The Morgan fingerprint density at radius 3 is 2.88 bits per heavy atom. The number of hydrogen-bond donors (Lipinski definition) is 2. The molecule has 1 aromatic heterocycles. The van der Waals surface area contributed by atoms with Gasteiger partial charge in [-0.15, -0.1) is 0 Å². The van der Waals surface area contributed by atoms with Crippen LogP contribution >= 0.6 is 15.9 Å². The minimum Gasteiger partial charge on any atom is -0.391 e. The van der Waals surface area contributed by atoms with Gasteiger partial charge in [0.1, 0.15) is 10.3 Å². The Bertz CT molecular complexity index is 411. The number of aliphatic hydroxyl groups excluding tert-OH is 1. The van der Waals surface area contributed by atoms with Crippen LogP contribution in [-0.2, 0) is 0 Å². The van der Waals surface area contributed by atoms with Crippen LogP contribution in [0.4, 0.5) is 0 Å². The van der Waals surface area contributed by atoms with Gasteiger partial charge in [-0.2, -0.15) is 0 Å². The topological polar surface area (TPSA) is 62.2 Å². The van der Waals surface area contributed by atoms with Gasteiger partial charge in [0.2, 0.25) is 0 Å². The number of pyridine rings is 1. The van der Waals surface area contributed by atoms with Crippen LogP contribution < -0.4 is 5.32 Å². The van der Waals surface area contributed by atoms with E-state index in [9.17, 15) is 9.90 Å². The molecule has 0 unspecified atom stereocenters. The van der Waals surface area contributed by atoms with Crippen LogP contribution in [0.15, 0.2) is 22.8 Å². The summed E-state index contributed by atoms with van der Waals surface area (Å²) in [5.41, 5.74) is 0.372. The van der Waals surface area contributed by atoms with Gasteiger partial charge in [-0.3, -0.25) is 4.79 Å². The molecule has 0 aromatic carbocycles. The lowest BCUT2D eigenvalue weighted by molar-refractivity contribution is 0.0713. The van der Waals surface area contributed by atoms with Gasteiger partial charge in [-0.25, -0.2) is 4.98 Å². The largest absolute Gasteiger partial charge is 0.391 e. The van der Waals surface area contributed by atoms with Gasteiger partial charge in [0.15, 0.2) is 0 Å². The number of aliphatic hydroxyl groups is 1. The summed E-state index contributed by atoms with van der Waals surface area (Å²) in [6, 6.07) is 5.06. The maximum atomic E-state index is 11.9. The van der Waals surface area contributed by atoms with Gasteiger partial charge in [-0.05, 0) is 40.9 Å². The van der Waals surface area contributed by atoms with Gasteiger partial charge in [0.25, 0.3) is 5.91 Å². The van der Waals surface area contributed by atoms with E-state index in [0.29, 0.717) is 10.3 Å². The molecule has 0 radical (unpaired) electrons. The Balaban J connectivity index is 2.01. The van der Waals surface area contributed by atoms with Gasteiger partial charge in [0, 0.05) is 0 Å². The Morgan fingerprint density at radius 1 is 1.41 bits per heavy atom. The number of nitrogens with zero attached hydrogens (tertiary/aromatic N) is 1. The highest BCUT2D eigenvalue weighted by Gasteiger charge is 2.25. The minimum absolute atomic E-state index is 0.142. The van der Waals surface area contributed by atoms with Gasteiger partial charge in [-0.1, -0.05) is 18.9 Å². The second kappa shape index (κ2) is 5.60. The van der Waals surface area contributed by atoms with Gasteiger partial charge < -0.3 is 10.4 Å². The Labute approximate surface area is 109 Å². The SMILES string of the molecule is O=C(N[C@@H]1CCCC[C@H]1O)c1cccc(Br)n1. The number of carbonyl (C=O) groups excluding carboxylic acids is 1. The van der Waals surface area contributed by atoms with Gasteiger partial charge >= 0.3 is 0 Å². The summed E-state index contributed by atoms with van der Waals surface area (Å²) in [4.78, 5) is 16.0. The number of rotatable bonds is 2. The smallest absolute Gasteiger partial charge is 0.270 e. The van der Waals surface area contributed by atoms with Crippen molar-refractivity contribution >= 4 is 21.8 Å². The van der Waals surface area contributed by atoms with E-state index in [2.05, 4.69) is 26.2 Å². The molecule has 1 aromatic rings. The molecule has 1 heterocycles. The summed E-state index contributed by atoms with van der Waals surface area (Å²) in [6.07, 6.45) is 3.24. The average molecular weight is 299 g/mol. The highest BCUT2D eigenvalue weighted by molar-refractivity contribution is 9.10. The van der Waals surface area contributed by atoms with Crippen molar-refractivity contribution in [1.29, 1.82) is 0 Å². The maximum Gasteiger partial charge on any atom is 0.270 e. The lowest BCUT2D eigenvalue weighted by atomic mass is 9.92. The first-order valence-corrected chi connectivity index (χ1v) is 6.57. The summed E-state index contributed by atoms with van der Waals surface area (Å²) in [7, 11) is 0. The predicted molar refractivity (Wildman–Crippen MR) is 67.7 cm³/mol. The zero-order chi connectivity index (χ0) is 12.3. The van der Waals surface area contributed by atoms with Crippen LogP contribution in [0.1, 0.15) is 36.2 Å². The molecule has 0 aliphatic heterocycles. The molecule has 0 bridgehead atoms. The van der Waals surface area contributed by atoms with E-state index < -0.39 is 6.10 Å². The Kier molecular flexibility index (Phi) is 4.12. The highest BCUT2D eigenvalue weighted by atomic mass is 79.9. The first kappa shape index (κ1) is 12.5. The van der Waals surface area contributed by atoms with Crippen LogP contribution in [0.25, 0.3) is 0 Å². The van der Waals surface area contributed by atoms with E-state index in [-0.39, 0.29) is 11.9 Å². The van der Waals surface area contributed by atoms with Crippen molar-refractivity contribution in [3.63, 3.8) is 0 Å². The van der Waals surface area contributed by atoms with E-state index in [1.807, 2.05) is 0 Å². The zero-order valence-electron chi connectivity index (χ0n) is 9.40. The third kappa shape index (κ3) is 3.26. The number of nitrogens with one attached hydrogen (secondary N) is 1. The van der Waals surface area contributed by atoms with Crippen LogP contribution in [0, 0.1) is 0 Å². The third-order valence-electron chi connectivity index (χ3n) is 2.99. The summed E-state index contributed by atoms with van der Waals surface area (Å²) in [5.74, 6) is -0.225. The number of hydrogen-bond acceptors (Lipinski definition) is 3. The van der Waals surface area contributed by atoms with Crippen LogP contribution in [0.2, 0.25) is 0 Å². The van der Waals surface area contributed by atoms with Crippen LogP contribution in [0.3, 0.4) is 0 Å². The molecule has 1 amide bonds. The average Bonchev–Trinajstić information content (AvgIpc) is 2.32. The summed E-state index contributed by atoms with van der Waals surface area (Å²) in [5, 5.41) is 12.6. The van der Waals surface area contributed by atoms with Crippen LogP contribution in [-0.4, -0.2) is 28.1 Å². The van der Waals surface area contributed by atoms with Crippen molar-refractivity contribution in [2.24, 2.45) is 0 Å². The molecule has 2 atom stereocenters. The van der Waals surface area contributed by atoms with E-state index in [1.165, 1.54) is 0 Å². The first-order valence-electron chi connectivity index (χ1n) is 5.78. The Morgan fingerprint density at radius 2 is 2.18 bits per heavy atom. The molecule has 1 saturated carbocycles. The van der Waals surface area contributed by atoms with Gasteiger partial charge in [0.05, 0.1) is 12.1 Å². The molecule has 1 aliphatic carbocycles. The molecular formula is C12H15BrN2O2. The van der Waals surface area contributed by atoms with E-state index in [1.54, 1.807) is 18.2 Å². The maximum absolute atomic E-state index is 11.9. The van der Waals surface area contributed by atoms with Crippen molar-refractivity contribution < 1.29 is 9.90 Å². The molecule has 92 valence electrons. The highest BCUT2D eigenvalue weighted by Crippen LogP contribution is 2.18. The third-order valence-corrected chi connectivity index (χ3v) is 3.44. The molecule has 4 nitrogen and oxygen atoms in total. The van der Waals surface area contributed by atoms with E-state index in [4.69, 9.17) is 0 Å². The second-order valence-electron chi connectivity index (χ2n) is 4.28. The second-order valence-corrected chi connectivity index (χ2v) is 5.09. The fourth-order valence-corrected chi connectivity index (χ4v) is 2.40. The lowest BCUT2D eigenvalue weighted by Gasteiger charge is -2.28. The lowest BCUT2D eigenvalue weighted by Crippen LogP contribution is -2.45. The quantitative estimate of drug-likeness (QED) is 0.820. The van der Waals surface area contributed by atoms with E-state index in [0.717, 1.165) is 25.7 Å². The molecule has 17 heavy (non-hydrogen) atoms. The summed E-state index contributed by atoms with van der Waals surface area (Å²) in [6.45, 7) is 0. The van der Waals surface area contributed by atoms with Crippen molar-refractivity contribution in [1.82, 2.24) is 10.3 Å². The molecule has 1 fully saturated rings. The van der Waals surface area contributed by atoms with Crippen molar-refractivity contribution in [2.45, 2.75) is 37.8 Å². The minimum atomic E-state index is -0.431. The van der Waals surface area contributed by atoms with E-state index >= 15 is 0 Å². The number of halogens is 1. The fourth-order valence-electron chi connectivity index (χ4n) is 2.06. The molecule has 2 rings (SSSR count). The number of carbonyl (C=O) groups is 1. The van der Waals surface area contributed by atoms with Crippen LogP contribution in [0.5, 0.6) is 0 Å². The van der Waals surface area contributed by atoms with Crippen molar-refractivity contribution in [3.05, 3.63) is 28.5 Å². The number of aromatic nitrogens is 1. The van der Waals surface area contributed by atoms with Crippen molar-refractivity contribution in [3.8, 4) is 0 Å². The fraction of sp³-hybridized carbons (Fsp3) is 0.500. The van der Waals surface area contributed by atoms with Crippen molar-refractivity contribution in [2.75, 3.05) is 0 Å². The molecule has 0 spiro atoms. The monoisotopic (exact) mass is 298 g/mol. The number of amides is 1. The first-order chi connectivity index (χ1) is 8.16. The predicted octanol–water partition coefficient (Wildman–Crippen LogP) is 1.88. The molecular weight excluding hydrogens is 284 g/mol. The molecule has 0 saturated heterocycles. The standard InChI is InChI=1S/C12H15BrN2O2/c13-11-7-3-5-9(14-11)12(17)15-8-4-1-2-6-10(8)16/h3,5,7-8,10,16H,1-2,4,6H2,(H,15,17)/t8-,10-/m1/s1. The normalized spacial score (nSPS) is 24.4. The zero-order valence-corrected chi connectivity index (χ0v) is 11.0. The molecule has 5 heteroatoms. The summed E-state index contributed by atoms with van der Waals surface area (Å²) >= 11 is 3.23. The molecule has 2 N–H and O–H groups in total. The Hall–Kier alpha value is -0.940. The molecule has 1 aliphatic rings.